The van der Waals surface area contributed by atoms with Crippen LogP contribution in [-0.4, -0.2) is 15.1 Å². The van der Waals surface area contributed by atoms with Gasteiger partial charge in [-0.05, 0) is 48.8 Å². The van der Waals surface area contributed by atoms with E-state index in [0.717, 1.165) is 5.69 Å². The zero-order chi connectivity index (χ0) is 14.9. The number of benzene rings is 1. The number of aromatic nitrogens is 2. The molecule has 0 saturated heterocycles. The van der Waals surface area contributed by atoms with Crippen LogP contribution in [0.4, 0.5) is 4.39 Å². The van der Waals surface area contributed by atoms with Crippen molar-refractivity contribution in [1.29, 1.82) is 0 Å². The molecule has 0 saturated carbocycles. The molecular formula is C14H16BrClFN3. The van der Waals surface area contributed by atoms with Gasteiger partial charge in [-0.2, -0.15) is 0 Å². The summed E-state index contributed by atoms with van der Waals surface area (Å²) in [6.07, 6.45) is 3.44. The molecule has 1 aromatic carbocycles. The van der Waals surface area contributed by atoms with Crippen molar-refractivity contribution >= 4 is 27.5 Å². The molecule has 1 heterocycles. The Balaban J connectivity index is 2.38. The number of rotatable bonds is 3. The molecule has 0 atom stereocenters. The fraction of sp³-hybridized carbons (Fsp3) is 0.357. The lowest BCUT2D eigenvalue weighted by Gasteiger charge is -2.21. The summed E-state index contributed by atoms with van der Waals surface area (Å²) in [5, 5.41) is 3.73. The highest BCUT2D eigenvalue weighted by Crippen LogP contribution is 2.31. The Hall–Kier alpha value is -0.910. The van der Waals surface area contributed by atoms with Crippen LogP contribution in [0.5, 0.6) is 0 Å². The number of imidazole rings is 1. The van der Waals surface area contributed by atoms with Crippen molar-refractivity contribution < 1.29 is 4.39 Å². The van der Waals surface area contributed by atoms with Crippen LogP contribution in [0.2, 0.25) is 5.02 Å². The van der Waals surface area contributed by atoms with Crippen molar-refractivity contribution in [2.24, 2.45) is 0 Å². The molecule has 3 nitrogen and oxygen atoms in total. The summed E-state index contributed by atoms with van der Waals surface area (Å²) in [7, 11) is 0. The van der Waals surface area contributed by atoms with Crippen LogP contribution in [0.25, 0.3) is 5.69 Å². The zero-order valence-electron chi connectivity index (χ0n) is 11.5. The van der Waals surface area contributed by atoms with E-state index in [-0.39, 0.29) is 11.4 Å². The maximum absolute atomic E-state index is 13.3. The average Bonchev–Trinajstić information content (AvgIpc) is 2.72. The Kier molecular flexibility index (Phi) is 4.52. The summed E-state index contributed by atoms with van der Waals surface area (Å²) in [4.78, 5) is 4.15. The van der Waals surface area contributed by atoms with Gasteiger partial charge in [0.1, 0.15) is 5.82 Å². The monoisotopic (exact) mass is 359 g/mol. The largest absolute Gasteiger partial charge is 0.306 e. The number of nitrogens with zero attached hydrogens (tertiary/aromatic N) is 2. The number of hydrogen-bond donors (Lipinski definition) is 1. The van der Waals surface area contributed by atoms with Crippen molar-refractivity contribution in [2.45, 2.75) is 32.9 Å². The van der Waals surface area contributed by atoms with Crippen LogP contribution in [0.3, 0.4) is 0 Å². The second kappa shape index (κ2) is 5.84. The normalized spacial score (nSPS) is 11.9. The lowest BCUT2D eigenvalue weighted by molar-refractivity contribution is 0.419. The van der Waals surface area contributed by atoms with Gasteiger partial charge in [-0.15, -0.1) is 0 Å². The molecule has 6 heteroatoms. The van der Waals surface area contributed by atoms with E-state index in [1.807, 2.05) is 4.57 Å². The summed E-state index contributed by atoms with van der Waals surface area (Å²) in [6.45, 7) is 6.92. The van der Waals surface area contributed by atoms with Crippen LogP contribution in [0.15, 0.2) is 29.1 Å². The quantitative estimate of drug-likeness (QED) is 0.883. The zero-order valence-corrected chi connectivity index (χ0v) is 13.9. The molecule has 0 aliphatic carbocycles. The maximum Gasteiger partial charge on any atom is 0.125 e. The standard InChI is InChI=1S/C14H16BrClFN3/c1-14(2,3)19-7-10-6-18-8-20(10)13-11(15)4-9(17)5-12(13)16/h4-6,8,19H,7H2,1-3H3. The van der Waals surface area contributed by atoms with Gasteiger partial charge < -0.3 is 5.32 Å². The Morgan fingerprint density at radius 2 is 2.10 bits per heavy atom. The van der Waals surface area contributed by atoms with Crippen LogP contribution in [-0.2, 0) is 6.54 Å². The van der Waals surface area contributed by atoms with Gasteiger partial charge >= 0.3 is 0 Å². The first kappa shape index (κ1) is 15.5. The van der Waals surface area contributed by atoms with Gasteiger partial charge in [0.15, 0.2) is 0 Å². The lowest BCUT2D eigenvalue weighted by Crippen LogP contribution is -2.35. The van der Waals surface area contributed by atoms with Crippen molar-refractivity contribution in [1.82, 2.24) is 14.9 Å². The van der Waals surface area contributed by atoms with Gasteiger partial charge in [-0.3, -0.25) is 4.57 Å². The van der Waals surface area contributed by atoms with Gasteiger partial charge in [0, 0.05) is 22.8 Å². The Labute approximate surface area is 131 Å². The fourth-order valence-corrected chi connectivity index (χ4v) is 2.81. The first-order chi connectivity index (χ1) is 9.28. The first-order valence-electron chi connectivity index (χ1n) is 6.19. The molecule has 0 aliphatic heterocycles. The van der Waals surface area contributed by atoms with Crippen LogP contribution in [0.1, 0.15) is 26.5 Å². The van der Waals surface area contributed by atoms with Crippen LogP contribution < -0.4 is 5.32 Å². The van der Waals surface area contributed by atoms with E-state index in [4.69, 9.17) is 11.6 Å². The van der Waals surface area contributed by atoms with Crippen LogP contribution in [0, 0.1) is 5.82 Å². The molecule has 1 N–H and O–H groups in total. The van der Waals surface area contributed by atoms with Crippen molar-refractivity contribution in [3.8, 4) is 5.69 Å². The summed E-state index contributed by atoms with van der Waals surface area (Å²) in [5.41, 5.74) is 1.64. The van der Waals surface area contributed by atoms with E-state index in [9.17, 15) is 4.39 Å². The van der Waals surface area contributed by atoms with E-state index in [0.29, 0.717) is 21.7 Å². The van der Waals surface area contributed by atoms with Crippen LogP contribution >= 0.6 is 27.5 Å². The van der Waals surface area contributed by atoms with Crippen molar-refractivity contribution in [3.63, 3.8) is 0 Å². The molecule has 0 bridgehead atoms. The third kappa shape index (κ3) is 3.59. The third-order valence-electron chi connectivity index (χ3n) is 2.74. The van der Waals surface area contributed by atoms with Gasteiger partial charge in [-0.25, -0.2) is 9.37 Å². The number of halogens is 3. The number of nitrogens with one attached hydrogen (secondary N) is 1. The summed E-state index contributed by atoms with van der Waals surface area (Å²) >= 11 is 9.50. The van der Waals surface area contributed by atoms with Crippen molar-refractivity contribution in [2.75, 3.05) is 0 Å². The van der Waals surface area contributed by atoms with Gasteiger partial charge in [0.2, 0.25) is 0 Å². The third-order valence-corrected chi connectivity index (χ3v) is 3.63. The predicted octanol–water partition coefficient (Wildman–Crippen LogP) is 4.32. The van der Waals surface area contributed by atoms with E-state index >= 15 is 0 Å². The molecule has 108 valence electrons. The van der Waals surface area contributed by atoms with Crippen molar-refractivity contribution in [3.05, 3.63) is 45.7 Å². The Morgan fingerprint density at radius 1 is 1.40 bits per heavy atom. The molecule has 20 heavy (non-hydrogen) atoms. The minimum Gasteiger partial charge on any atom is -0.306 e. The highest BCUT2D eigenvalue weighted by atomic mass is 79.9. The Bertz CT molecular complexity index is 596. The SMILES string of the molecule is CC(C)(C)NCc1cncn1-c1c(Cl)cc(F)cc1Br. The van der Waals surface area contributed by atoms with E-state index in [2.05, 4.69) is 47.0 Å². The molecule has 0 aliphatic rings. The molecule has 0 unspecified atom stereocenters. The molecule has 0 fully saturated rings. The van der Waals surface area contributed by atoms with Gasteiger partial charge in [0.25, 0.3) is 0 Å². The first-order valence-corrected chi connectivity index (χ1v) is 7.36. The minimum absolute atomic E-state index is 0.00107. The molecule has 0 amide bonds. The molecular weight excluding hydrogens is 345 g/mol. The lowest BCUT2D eigenvalue weighted by atomic mass is 10.1. The smallest absolute Gasteiger partial charge is 0.125 e. The Morgan fingerprint density at radius 3 is 2.70 bits per heavy atom. The maximum atomic E-state index is 13.3. The molecule has 1 aromatic heterocycles. The topological polar surface area (TPSA) is 29.9 Å². The predicted molar refractivity (Wildman–Crippen MR) is 82.8 cm³/mol. The van der Waals surface area contributed by atoms with E-state index in [1.54, 1.807) is 12.5 Å². The minimum atomic E-state index is -0.375. The molecule has 2 rings (SSSR count). The molecule has 0 radical (unpaired) electrons. The van der Waals surface area contributed by atoms with Gasteiger partial charge in [-0.1, -0.05) is 11.6 Å². The van der Waals surface area contributed by atoms with E-state index < -0.39 is 0 Å². The number of hydrogen-bond acceptors (Lipinski definition) is 2. The summed E-state index contributed by atoms with van der Waals surface area (Å²) < 4.78 is 15.7. The van der Waals surface area contributed by atoms with E-state index in [1.165, 1.54) is 12.1 Å². The second-order valence-electron chi connectivity index (χ2n) is 5.58. The molecule has 2 aromatic rings. The highest BCUT2D eigenvalue weighted by molar-refractivity contribution is 9.10. The fourth-order valence-electron chi connectivity index (χ4n) is 1.78. The van der Waals surface area contributed by atoms with Gasteiger partial charge in [0.05, 0.1) is 22.7 Å². The highest BCUT2D eigenvalue weighted by Gasteiger charge is 2.15. The average molecular weight is 361 g/mol. The summed E-state index contributed by atoms with van der Waals surface area (Å²) in [6, 6.07) is 2.69. The summed E-state index contributed by atoms with van der Waals surface area (Å²) in [5.74, 6) is -0.375. The molecule has 0 spiro atoms. The second-order valence-corrected chi connectivity index (χ2v) is 6.84.